The number of aliphatic imine (C=N–C) groups is 2. The SMILES string of the molecule is Oc1ccccc1C=NCCN1CCN(CCN=Cc2ccccc2O)C1c1ccccc1. The van der Waals surface area contributed by atoms with Crippen molar-refractivity contribution in [3.63, 3.8) is 0 Å². The van der Waals surface area contributed by atoms with E-state index in [0.717, 1.165) is 37.3 Å². The van der Waals surface area contributed by atoms with Gasteiger partial charge in [-0.25, -0.2) is 0 Å². The van der Waals surface area contributed by atoms with Gasteiger partial charge in [-0.05, 0) is 29.8 Å². The van der Waals surface area contributed by atoms with Gasteiger partial charge in [0, 0.05) is 49.7 Å². The number of nitrogens with zero attached hydrogens (tertiary/aromatic N) is 4. The minimum Gasteiger partial charge on any atom is -0.507 e. The fourth-order valence-electron chi connectivity index (χ4n) is 4.14. The molecular weight excluding hydrogens is 412 g/mol. The third-order valence-electron chi connectivity index (χ3n) is 5.83. The molecule has 2 N–H and O–H groups in total. The molecule has 6 nitrogen and oxygen atoms in total. The van der Waals surface area contributed by atoms with Gasteiger partial charge in [0.2, 0.25) is 0 Å². The normalized spacial score (nSPS) is 17.4. The summed E-state index contributed by atoms with van der Waals surface area (Å²) in [6, 6.07) is 25.0. The summed E-state index contributed by atoms with van der Waals surface area (Å²) in [5.74, 6) is 0.500. The van der Waals surface area contributed by atoms with Crippen molar-refractivity contribution in [3.8, 4) is 11.5 Å². The molecule has 6 heteroatoms. The van der Waals surface area contributed by atoms with Gasteiger partial charge >= 0.3 is 0 Å². The number of para-hydroxylation sites is 2. The van der Waals surface area contributed by atoms with Crippen LogP contribution in [-0.4, -0.2) is 71.7 Å². The van der Waals surface area contributed by atoms with Crippen molar-refractivity contribution in [2.75, 3.05) is 39.3 Å². The minimum absolute atomic E-state index is 0.187. The van der Waals surface area contributed by atoms with E-state index in [1.54, 1.807) is 24.6 Å². The number of hydrogen-bond acceptors (Lipinski definition) is 6. The van der Waals surface area contributed by atoms with Crippen molar-refractivity contribution >= 4 is 12.4 Å². The standard InChI is InChI=1S/C27H30N4O2/c32-25-12-6-4-10-23(25)20-28-14-16-30-18-19-31(27(30)22-8-2-1-3-9-22)17-15-29-21-24-11-5-7-13-26(24)33/h1-13,20-21,27,32-33H,14-19H2. The zero-order chi connectivity index (χ0) is 22.9. The second kappa shape index (κ2) is 11.4. The third kappa shape index (κ3) is 6.06. The van der Waals surface area contributed by atoms with Crippen molar-refractivity contribution in [1.29, 1.82) is 0 Å². The summed E-state index contributed by atoms with van der Waals surface area (Å²) in [6.07, 6.45) is 3.68. The molecule has 0 radical (unpaired) electrons. The van der Waals surface area contributed by atoms with Crippen LogP contribution in [0, 0.1) is 0 Å². The monoisotopic (exact) mass is 442 g/mol. The molecule has 1 fully saturated rings. The van der Waals surface area contributed by atoms with Crippen LogP contribution in [0.3, 0.4) is 0 Å². The van der Waals surface area contributed by atoms with E-state index in [1.807, 2.05) is 42.5 Å². The van der Waals surface area contributed by atoms with Gasteiger partial charge in [-0.15, -0.1) is 0 Å². The lowest BCUT2D eigenvalue weighted by Crippen LogP contribution is -2.33. The summed E-state index contributed by atoms with van der Waals surface area (Å²) in [5.41, 5.74) is 2.74. The van der Waals surface area contributed by atoms with E-state index >= 15 is 0 Å². The van der Waals surface area contributed by atoms with Crippen LogP contribution < -0.4 is 0 Å². The summed E-state index contributed by atoms with van der Waals surface area (Å²) in [6.45, 7) is 4.93. The van der Waals surface area contributed by atoms with Gasteiger partial charge in [0.15, 0.2) is 0 Å². The quantitative estimate of drug-likeness (QED) is 0.492. The molecule has 0 aromatic heterocycles. The molecule has 1 heterocycles. The summed E-state index contributed by atoms with van der Waals surface area (Å²) in [4.78, 5) is 14.0. The van der Waals surface area contributed by atoms with E-state index in [1.165, 1.54) is 5.56 Å². The Morgan fingerprint density at radius 3 is 1.61 bits per heavy atom. The predicted octanol–water partition coefficient (Wildman–Crippen LogP) is 3.95. The van der Waals surface area contributed by atoms with Crippen LogP contribution in [0.25, 0.3) is 0 Å². The Morgan fingerprint density at radius 2 is 1.12 bits per heavy atom. The van der Waals surface area contributed by atoms with Crippen molar-refractivity contribution in [2.45, 2.75) is 6.17 Å². The highest BCUT2D eigenvalue weighted by Gasteiger charge is 2.32. The highest BCUT2D eigenvalue weighted by Crippen LogP contribution is 2.29. The van der Waals surface area contributed by atoms with Gasteiger partial charge < -0.3 is 10.2 Å². The van der Waals surface area contributed by atoms with Gasteiger partial charge in [0.1, 0.15) is 11.5 Å². The molecule has 3 aromatic carbocycles. The average molecular weight is 443 g/mol. The molecule has 1 aliphatic rings. The first-order chi connectivity index (χ1) is 16.2. The highest BCUT2D eigenvalue weighted by molar-refractivity contribution is 5.83. The summed E-state index contributed by atoms with van der Waals surface area (Å²) in [7, 11) is 0. The first kappa shape index (κ1) is 22.7. The summed E-state index contributed by atoms with van der Waals surface area (Å²) >= 11 is 0. The van der Waals surface area contributed by atoms with E-state index in [0.29, 0.717) is 13.1 Å². The maximum Gasteiger partial charge on any atom is 0.124 e. The lowest BCUT2D eigenvalue weighted by atomic mass is 10.1. The van der Waals surface area contributed by atoms with Gasteiger partial charge in [0.05, 0.1) is 19.3 Å². The van der Waals surface area contributed by atoms with Crippen LogP contribution in [-0.2, 0) is 0 Å². The van der Waals surface area contributed by atoms with Gasteiger partial charge in [-0.3, -0.25) is 19.8 Å². The molecule has 0 spiro atoms. The fourth-order valence-corrected chi connectivity index (χ4v) is 4.14. The lowest BCUT2D eigenvalue weighted by Gasteiger charge is -2.30. The molecule has 1 saturated heterocycles. The van der Waals surface area contributed by atoms with Crippen LogP contribution in [0.1, 0.15) is 22.9 Å². The number of hydrogen-bond donors (Lipinski definition) is 2. The smallest absolute Gasteiger partial charge is 0.124 e. The maximum atomic E-state index is 9.90. The Hall–Kier alpha value is -3.48. The van der Waals surface area contributed by atoms with E-state index in [-0.39, 0.29) is 17.7 Å². The maximum absolute atomic E-state index is 9.90. The summed E-state index contributed by atoms with van der Waals surface area (Å²) < 4.78 is 0. The van der Waals surface area contributed by atoms with Crippen molar-refractivity contribution in [3.05, 3.63) is 95.6 Å². The molecule has 0 amide bonds. The third-order valence-corrected chi connectivity index (χ3v) is 5.83. The number of rotatable bonds is 9. The molecule has 0 saturated carbocycles. The van der Waals surface area contributed by atoms with Gasteiger partial charge in [-0.2, -0.15) is 0 Å². The molecule has 4 rings (SSSR count). The molecule has 170 valence electrons. The zero-order valence-electron chi connectivity index (χ0n) is 18.7. The van der Waals surface area contributed by atoms with E-state index < -0.39 is 0 Å². The Labute approximate surface area is 195 Å². The molecule has 0 aliphatic carbocycles. The number of phenols is 2. The molecule has 0 atom stereocenters. The zero-order valence-corrected chi connectivity index (χ0v) is 18.7. The van der Waals surface area contributed by atoms with Crippen LogP contribution in [0.5, 0.6) is 11.5 Å². The Morgan fingerprint density at radius 1 is 0.667 bits per heavy atom. The van der Waals surface area contributed by atoms with Crippen LogP contribution in [0.2, 0.25) is 0 Å². The lowest BCUT2D eigenvalue weighted by molar-refractivity contribution is 0.143. The number of aromatic hydroxyl groups is 2. The molecular formula is C27H30N4O2. The molecule has 1 aliphatic heterocycles. The molecule has 0 bridgehead atoms. The largest absolute Gasteiger partial charge is 0.507 e. The van der Waals surface area contributed by atoms with Crippen LogP contribution in [0.15, 0.2) is 88.8 Å². The molecule has 33 heavy (non-hydrogen) atoms. The van der Waals surface area contributed by atoms with Gasteiger partial charge in [-0.1, -0.05) is 54.6 Å². The van der Waals surface area contributed by atoms with Crippen molar-refractivity contribution in [2.24, 2.45) is 9.98 Å². The topological polar surface area (TPSA) is 71.7 Å². The Bertz CT molecular complexity index is 1020. The number of phenolic OH excluding ortho intramolecular Hbond substituents is 2. The second-order valence-electron chi connectivity index (χ2n) is 8.04. The fraction of sp³-hybridized carbons (Fsp3) is 0.259. The summed E-state index contributed by atoms with van der Waals surface area (Å²) in [5, 5.41) is 19.8. The van der Waals surface area contributed by atoms with E-state index in [4.69, 9.17) is 0 Å². The Kier molecular flexibility index (Phi) is 7.85. The first-order valence-corrected chi connectivity index (χ1v) is 11.3. The van der Waals surface area contributed by atoms with Crippen LogP contribution >= 0.6 is 0 Å². The first-order valence-electron chi connectivity index (χ1n) is 11.3. The highest BCUT2D eigenvalue weighted by atomic mass is 16.3. The van der Waals surface area contributed by atoms with E-state index in [9.17, 15) is 10.2 Å². The van der Waals surface area contributed by atoms with Gasteiger partial charge in [0.25, 0.3) is 0 Å². The molecule has 3 aromatic rings. The van der Waals surface area contributed by atoms with Crippen molar-refractivity contribution < 1.29 is 10.2 Å². The van der Waals surface area contributed by atoms with Crippen molar-refractivity contribution in [1.82, 2.24) is 9.80 Å². The molecule has 0 unspecified atom stereocenters. The van der Waals surface area contributed by atoms with E-state index in [2.05, 4.69) is 44.1 Å². The Balaban J connectivity index is 1.37. The van der Waals surface area contributed by atoms with Crippen LogP contribution in [0.4, 0.5) is 0 Å². The minimum atomic E-state index is 0.187. The second-order valence-corrected chi connectivity index (χ2v) is 8.04. The predicted molar refractivity (Wildman–Crippen MR) is 133 cm³/mol. The average Bonchev–Trinajstić information content (AvgIpc) is 3.25. The number of benzene rings is 3.